The van der Waals surface area contributed by atoms with Crippen molar-refractivity contribution in [3.8, 4) is 0 Å². The van der Waals surface area contributed by atoms with E-state index in [2.05, 4.69) is 5.10 Å². The first kappa shape index (κ1) is 15.9. The van der Waals surface area contributed by atoms with Crippen LogP contribution in [0.2, 0.25) is 10.0 Å². The number of hydrogen-bond acceptors (Lipinski definition) is 4. The highest BCUT2D eigenvalue weighted by atomic mass is 35.5. The molecule has 114 valence electrons. The second-order valence-corrected chi connectivity index (χ2v) is 6.52. The molecular formula is C14H17Cl2N3O2. The highest BCUT2D eigenvalue weighted by molar-refractivity contribution is 6.42. The molecule has 0 unspecified atom stereocenters. The van der Waals surface area contributed by atoms with Gasteiger partial charge >= 0.3 is 6.09 Å². The molecule has 0 bridgehead atoms. The Labute approximate surface area is 134 Å². The van der Waals surface area contributed by atoms with Crippen molar-refractivity contribution in [1.29, 1.82) is 0 Å². The lowest BCUT2D eigenvalue weighted by Gasteiger charge is -2.21. The Kier molecular flexibility index (Phi) is 4.35. The SMILES string of the molecule is CN(C)C(=O)OC1=NN(c2ccc(Cl)c(Cl)c2)CC1(C)C. The largest absolute Gasteiger partial charge is 0.415 e. The van der Waals surface area contributed by atoms with Gasteiger partial charge in [-0.1, -0.05) is 23.2 Å². The summed E-state index contributed by atoms with van der Waals surface area (Å²) in [5, 5.41) is 7.08. The average molecular weight is 330 g/mol. The maximum absolute atomic E-state index is 11.7. The van der Waals surface area contributed by atoms with Crippen molar-refractivity contribution in [3.05, 3.63) is 28.2 Å². The minimum absolute atomic E-state index is 0.377. The number of carbonyl (C=O) groups excluding carboxylic acids is 1. The standard InChI is InChI=1S/C14H17Cl2N3O2/c1-14(2)8-19(9-5-6-10(15)11(16)7-9)17-12(14)21-13(20)18(3)4/h5-7H,8H2,1-4H3. The summed E-state index contributed by atoms with van der Waals surface area (Å²) in [5.74, 6) is 0.382. The van der Waals surface area contributed by atoms with Crippen molar-refractivity contribution in [1.82, 2.24) is 4.90 Å². The number of benzene rings is 1. The first-order chi connectivity index (χ1) is 9.70. The molecule has 5 nitrogen and oxygen atoms in total. The summed E-state index contributed by atoms with van der Waals surface area (Å²) in [4.78, 5) is 13.1. The van der Waals surface area contributed by atoms with Crippen molar-refractivity contribution < 1.29 is 9.53 Å². The van der Waals surface area contributed by atoms with Crippen LogP contribution in [0.25, 0.3) is 0 Å². The molecule has 0 radical (unpaired) electrons. The molecule has 0 atom stereocenters. The minimum atomic E-state index is -0.446. The smallest absolute Gasteiger partial charge is 0.393 e. The quantitative estimate of drug-likeness (QED) is 0.786. The number of carbonyl (C=O) groups is 1. The summed E-state index contributed by atoms with van der Waals surface area (Å²) < 4.78 is 5.33. The fourth-order valence-electron chi connectivity index (χ4n) is 1.85. The van der Waals surface area contributed by atoms with Crippen LogP contribution in [-0.2, 0) is 4.74 Å². The molecule has 0 spiro atoms. The van der Waals surface area contributed by atoms with Gasteiger partial charge < -0.3 is 9.64 Å². The molecule has 1 aliphatic heterocycles. The van der Waals surface area contributed by atoms with Crippen LogP contribution in [0.1, 0.15) is 13.8 Å². The van der Waals surface area contributed by atoms with E-state index in [1.165, 1.54) is 4.90 Å². The first-order valence-corrected chi connectivity index (χ1v) is 7.17. The van der Waals surface area contributed by atoms with Crippen molar-refractivity contribution in [2.45, 2.75) is 13.8 Å². The second-order valence-electron chi connectivity index (χ2n) is 5.71. The molecule has 7 heteroatoms. The Bertz CT molecular complexity index is 600. The lowest BCUT2D eigenvalue weighted by Crippen LogP contribution is -2.33. The summed E-state index contributed by atoms with van der Waals surface area (Å²) in [6, 6.07) is 5.27. The summed E-state index contributed by atoms with van der Waals surface area (Å²) in [6.45, 7) is 4.51. The van der Waals surface area contributed by atoms with Gasteiger partial charge in [-0.15, -0.1) is 5.10 Å². The number of halogens is 2. The van der Waals surface area contributed by atoms with Crippen molar-refractivity contribution in [2.24, 2.45) is 10.5 Å². The summed E-state index contributed by atoms with van der Waals surface area (Å²) >= 11 is 11.9. The van der Waals surface area contributed by atoms with Crippen LogP contribution in [-0.4, -0.2) is 37.5 Å². The zero-order valence-electron chi connectivity index (χ0n) is 12.4. The van der Waals surface area contributed by atoms with Crippen molar-refractivity contribution in [2.75, 3.05) is 25.6 Å². The molecule has 1 aromatic rings. The Morgan fingerprint density at radius 2 is 2.00 bits per heavy atom. The van der Waals surface area contributed by atoms with E-state index in [1.54, 1.807) is 31.2 Å². The maximum Gasteiger partial charge on any atom is 0.415 e. The van der Waals surface area contributed by atoms with Crippen LogP contribution in [0.4, 0.5) is 10.5 Å². The number of rotatable bonds is 1. The van der Waals surface area contributed by atoms with Gasteiger partial charge in [-0.3, -0.25) is 5.01 Å². The predicted molar refractivity (Wildman–Crippen MR) is 85.2 cm³/mol. The monoisotopic (exact) mass is 329 g/mol. The summed E-state index contributed by atoms with van der Waals surface area (Å²) in [7, 11) is 3.25. The molecule has 1 aromatic carbocycles. The van der Waals surface area contributed by atoms with Gasteiger partial charge in [0.15, 0.2) is 0 Å². The molecular weight excluding hydrogens is 313 g/mol. The molecule has 0 aromatic heterocycles. The van der Waals surface area contributed by atoms with Gasteiger partial charge in [-0.05, 0) is 32.0 Å². The van der Waals surface area contributed by atoms with Crippen LogP contribution in [0.15, 0.2) is 23.3 Å². The zero-order chi connectivity index (χ0) is 15.8. The topological polar surface area (TPSA) is 45.1 Å². The van der Waals surface area contributed by atoms with Crippen LogP contribution < -0.4 is 5.01 Å². The van der Waals surface area contributed by atoms with E-state index in [9.17, 15) is 4.79 Å². The molecule has 0 aliphatic carbocycles. The van der Waals surface area contributed by atoms with E-state index in [-0.39, 0.29) is 5.41 Å². The molecule has 0 saturated carbocycles. The normalized spacial score (nSPS) is 16.7. The van der Waals surface area contributed by atoms with E-state index in [4.69, 9.17) is 27.9 Å². The van der Waals surface area contributed by atoms with Gasteiger partial charge in [0.1, 0.15) is 0 Å². The molecule has 21 heavy (non-hydrogen) atoms. The molecule has 0 fully saturated rings. The molecule has 1 aliphatic rings. The third-order valence-electron chi connectivity index (χ3n) is 3.09. The fourth-order valence-corrected chi connectivity index (χ4v) is 2.14. The Morgan fingerprint density at radius 1 is 1.33 bits per heavy atom. The predicted octanol–water partition coefficient (Wildman–Crippen LogP) is 3.85. The Hall–Kier alpha value is -1.46. The lowest BCUT2D eigenvalue weighted by molar-refractivity contribution is 0.163. The molecule has 2 rings (SSSR count). The number of ether oxygens (including phenoxy) is 1. The Morgan fingerprint density at radius 3 is 2.57 bits per heavy atom. The first-order valence-electron chi connectivity index (χ1n) is 6.41. The van der Waals surface area contributed by atoms with E-state index in [1.807, 2.05) is 19.9 Å². The second kappa shape index (κ2) is 5.73. The molecule has 1 heterocycles. The van der Waals surface area contributed by atoms with Crippen LogP contribution in [0.3, 0.4) is 0 Å². The molecule has 0 saturated heterocycles. The lowest BCUT2D eigenvalue weighted by atomic mass is 9.94. The van der Waals surface area contributed by atoms with Crippen molar-refractivity contribution in [3.63, 3.8) is 0 Å². The fraction of sp³-hybridized carbons (Fsp3) is 0.429. The summed E-state index contributed by atoms with van der Waals surface area (Å²) in [6.07, 6.45) is -0.446. The van der Waals surface area contributed by atoms with E-state index >= 15 is 0 Å². The summed E-state index contributed by atoms with van der Waals surface area (Å²) in [5.41, 5.74) is 0.422. The average Bonchev–Trinajstić information content (AvgIpc) is 2.68. The van der Waals surface area contributed by atoms with Gasteiger partial charge in [0.25, 0.3) is 0 Å². The Balaban J connectivity index is 2.25. The molecule has 1 amide bonds. The highest BCUT2D eigenvalue weighted by Crippen LogP contribution is 2.34. The van der Waals surface area contributed by atoms with Gasteiger partial charge in [0.2, 0.25) is 5.90 Å². The number of anilines is 1. The van der Waals surface area contributed by atoms with E-state index in [0.717, 1.165) is 5.69 Å². The number of hydrazone groups is 1. The van der Waals surface area contributed by atoms with Crippen LogP contribution in [0, 0.1) is 5.41 Å². The van der Waals surface area contributed by atoms with Gasteiger partial charge in [0, 0.05) is 14.1 Å². The highest BCUT2D eigenvalue weighted by Gasteiger charge is 2.38. The number of nitrogens with zero attached hydrogens (tertiary/aromatic N) is 3. The van der Waals surface area contributed by atoms with Gasteiger partial charge in [0.05, 0.1) is 27.7 Å². The maximum atomic E-state index is 11.7. The van der Waals surface area contributed by atoms with Gasteiger partial charge in [-0.2, -0.15) is 0 Å². The minimum Gasteiger partial charge on any atom is -0.393 e. The van der Waals surface area contributed by atoms with Gasteiger partial charge in [-0.25, -0.2) is 4.79 Å². The van der Waals surface area contributed by atoms with E-state index in [0.29, 0.717) is 22.5 Å². The third kappa shape index (κ3) is 3.41. The number of amides is 1. The number of hydrogen-bond donors (Lipinski definition) is 0. The van der Waals surface area contributed by atoms with Crippen molar-refractivity contribution >= 4 is 40.9 Å². The van der Waals surface area contributed by atoms with Crippen LogP contribution >= 0.6 is 23.2 Å². The zero-order valence-corrected chi connectivity index (χ0v) is 13.9. The van der Waals surface area contributed by atoms with Crippen LogP contribution in [0.5, 0.6) is 0 Å². The molecule has 0 N–H and O–H groups in total. The van der Waals surface area contributed by atoms with E-state index < -0.39 is 6.09 Å². The third-order valence-corrected chi connectivity index (χ3v) is 3.82.